The summed E-state index contributed by atoms with van der Waals surface area (Å²) < 4.78 is 34.9. The second-order valence-electron chi connectivity index (χ2n) is 9.94. The van der Waals surface area contributed by atoms with Gasteiger partial charge in [-0.25, -0.2) is 14.6 Å². The van der Waals surface area contributed by atoms with Gasteiger partial charge in [0.1, 0.15) is 0 Å². The summed E-state index contributed by atoms with van der Waals surface area (Å²) in [5, 5.41) is 0. The van der Waals surface area contributed by atoms with Gasteiger partial charge in [0, 0.05) is 5.56 Å². The number of benzene rings is 2. The summed E-state index contributed by atoms with van der Waals surface area (Å²) in [6.45, 7) is 11.6. The maximum atomic E-state index is 14.2. The fourth-order valence-corrected chi connectivity index (χ4v) is 6.12. The second-order valence-corrected chi connectivity index (χ2v) is 11.0. The molecule has 0 saturated heterocycles. The summed E-state index contributed by atoms with van der Waals surface area (Å²) in [5.74, 6) is 0.668. The number of allylic oxidation sites excluding steroid dienone is 2. The van der Waals surface area contributed by atoms with Crippen LogP contribution < -0.4 is 33.8 Å². The molecule has 0 unspecified atom stereocenters. The Morgan fingerprint density at radius 3 is 2.41 bits per heavy atom. The van der Waals surface area contributed by atoms with Gasteiger partial charge in [-0.1, -0.05) is 23.5 Å². The average Bonchev–Trinajstić information content (AvgIpc) is 3.34. The van der Waals surface area contributed by atoms with E-state index in [1.165, 1.54) is 23.0 Å². The molecule has 12 heteroatoms. The molecule has 1 aliphatic rings. The Balaban J connectivity index is 1.92. The van der Waals surface area contributed by atoms with Crippen LogP contribution in [-0.4, -0.2) is 57.2 Å². The molecule has 3 aromatic rings. The quantitative estimate of drug-likeness (QED) is 0.189. The van der Waals surface area contributed by atoms with Crippen molar-refractivity contribution < 1.29 is 38.0 Å². The number of hydrogen-bond acceptors (Lipinski definition) is 11. The zero-order valence-corrected chi connectivity index (χ0v) is 27.7. The molecule has 0 aliphatic carbocycles. The van der Waals surface area contributed by atoms with Crippen molar-refractivity contribution in [1.82, 2.24) is 4.57 Å². The molecular formula is C34H38N2O9S. The van der Waals surface area contributed by atoms with Gasteiger partial charge in [-0.15, -0.1) is 6.58 Å². The predicted octanol–water partition coefficient (Wildman–Crippen LogP) is 3.88. The van der Waals surface area contributed by atoms with Crippen molar-refractivity contribution in [2.75, 3.05) is 40.6 Å². The minimum atomic E-state index is -0.877. The Kier molecular flexibility index (Phi) is 11.4. The molecule has 4 rings (SSSR count). The third kappa shape index (κ3) is 7.17. The smallest absolute Gasteiger partial charge is 0.343 e. The highest BCUT2D eigenvalue weighted by Crippen LogP contribution is 2.37. The lowest BCUT2D eigenvalue weighted by Gasteiger charge is -2.25. The van der Waals surface area contributed by atoms with E-state index in [2.05, 4.69) is 16.3 Å². The summed E-state index contributed by atoms with van der Waals surface area (Å²) in [5.41, 5.74) is 2.47. The summed E-state index contributed by atoms with van der Waals surface area (Å²) in [6.07, 6.45) is 4.08. The average molecular weight is 651 g/mol. The van der Waals surface area contributed by atoms with Crippen molar-refractivity contribution in [2.24, 2.45) is 4.99 Å². The number of carbonyl (C=O) groups excluding carboxylic acids is 2. The van der Waals surface area contributed by atoms with Crippen molar-refractivity contribution in [3.05, 3.63) is 90.6 Å². The van der Waals surface area contributed by atoms with E-state index in [9.17, 15) is 14.4 Å². The van der Waals surface area contributed by atoms with Gasteiger partial charge in [0.25, 0.3) is 5.56 Å². The standard InChI is InChI=1S/C34H38N2O9S/c1-8-12-23-15-21(16-26(40-6)31(23)43-10-3)17-27-32(38)36-30(29(33(39)44-11-4)20(5)35-34(36)46-27)22-13-14-24(25(18-22)42-9-2)45-19-28(37)41-7/h8,13-18,30H,1,9-12,19H2,2-7H3/b27-17-/t30-/m1/s1. The number of nitrogens with zero attached hydrogens (tertiary/aromatic N) is 2. The number of hydrogen-bond donors (Lipinski definition) is 0. The van der Waals surface area contributed by atoms with Crippen LogP contribution in [0.15, 0.2) is 64.0 Å². The highest BCUT2D eigenvalue weighted by Gasteiger charge is 2.34. The lowest BCUT2D eigenvalue weighted by molar-refractivity contribution is -0.143. The molecule has 1 atom stereocenters. The lowest BCUT2D eigenvalue weighted by Crippen LogP contribution is -2.40. The molecule has 1 aliphatic heterocycles. The van der Waals surface area contributed by atoms with Gasteiger partial charge in [-0.05, 0) is 75.6 Å². The van der Waals surface area contributed by atoms with E-state index in [1.807, 2.05) is 26.0 Å². The van der Waals surface area contributed by atoms with Crippen LogP contribution in [0.2, 0.25) is 0 Å². The molecule has 0 N–H and O–H groups in total. The minimum absolute atomic E-state index is 0.143. The molecule has 1 aromatic heterocycles. The molecule has 0 amide bonds. The van der Waals surface area contributed by atoms with Crippen LogP contribution in [-0.2, 0) is 25.5 Å². The summed E-state index contributed by atoms with van der Waals surface area (Å²) in [6, 6.07) is 7.90. The molecule has 2 heterocycles. The topological polar surface area (TPSA) is 124 Å². The van der Waals surface area contributed by atoms with E-state index in [0.29, 0.717) is 63.2 Å². The normalized spacial score (nSPS) is 14.2. The van der Waals surface area contributed by atoms with Crippen LogP contribution in [0.1, 0.15) is 50.4 Å². The van der Waals surface area contributed by atoms with E-state index in [1.54, 1.807) is 51.3 Å². The van der Waals surface area contributed by atoms with E-state index in [0.717, 1.165) is 11.1 Å². The minimum Gasteiger partial charge on any atom is -0.493 e. The van der Waals surface area contributed by atoms with E-state index in [4.69, 9.17) is 23.7 Å². The molecule has 244 valence electrons. The van der Waals surface area contributed by atoms with Crippen LogP contribution in [0, 0.1) is 0 Å². The molecule has 0 bridgehead atoms. The first-order valence-corrected chi connectivity index (χ1v) is 15.6. The highest BCUT2D eigenvalue weighted by atomic mass is 32.1. The van der Waals surface area contributed by atoms with E-state index >= 15 is 0 Å². The van der Waals surface area contributed by atoms with Crippen LogP contribution in [0.3, 0.4) is 0 Å². The first kappa shape index (κ1) is 34.0. The third-order valence-corrected chi connectivity index (χ3v) is 7.98. The van der Waals surface area contributed by atoms with Crippen LogP contribution in [0.4, 0.5) is 0 Å². The summed E-state index contributed by atoms with van der Waals surface area (Å²) >= 11 is 1.21. The van der Waals surface area contributed by atoms with Gasteiger partial charge in [-0.3, -0.25) is 9.36 Å². The fourth-order valence-electron chi connectivity index (χ4n) is 5.07. The Labute approximate surface area is 271 Å². The number of methoxy groups -OCH3 is 2. The Morgan fingerprint density at radius 2 is 1.76 bits per heavy atom. The van der Waals surface area contributed by atoms with Gasteiger partial charge in [0.15, 0.2) is 34.4 Å². The van der Waals surface area contributed by atoms with Crippen molar-refractivity contribution in [1.29, 1.82) is 0 Å². The van der Waals surface area contributed by atoms with Crippen LogP contribution in [0.25, 0.3) is 6.08 Å². The first-order chi connectivity index (χ1) is 22.2. The number of carbonyl (C=O) groups is 2. The van der Waals surface area contributed by atoms with Gasteiger partial charge in [0.2, 0.25) is 0 Å². The van der Waals surface area contributed by atoms with E-state index in [-0.39, 0.29) is 24.3 Å². The van der Waals surface area contributed by atoms with Gasteiger partial charge < -0.3 is 28.4 Å². The number of rotatable bonds is 14. The first-order valence-electron chi connectivity index (χ1n) is 14.8. The van der Waals surface area contributed by atoms with Gasteiger partial charge in [0.05, 0.1) is 55.9 Å². The monoisotopic (exact) mass is 650 g/mol. The second kappa shape index (κ2) is 15.4. The van der Waals surface area contributed by atoms with Crippen LogP contribution >= 0.6 is 11.3 Å². The Hall–Kier alpha value is -4.84. The number of thiazole rings is 1. The molecule has 0 radical (unpaired) electrons. The van der Waals surface area contributed by atoms with Crippen molar-refractivity contribution in [2.45, 2.75) is 40.2 Å². The molecule has 0 spiro atoms. The number of esters is 2. The van der Waals surface area contributed by atoms with Gasteiger partial charge >= 0.3 is 11.9 Å². The molecule has 46 heavy (non-hydrogen) atoms. The lowest BCUT2D eigenvalue weighted by atomic mass is 9.95. The van der Waals surface area contributed by atoms with Crippen molar-refractivity contribution in [3.63, 3.8) is 0 Å². The van der Waals surface area contributed by atoms with Crippen molar-refractivity contribution in [3.8, 4) is 23.0 Å². The maximum absolute atomic E-state index is 14.2. The SMILES string of the molecule is C=CCc1cc(/C=c2\sc3n(c2=O)[C@H](c2ccc(OCC(=O)OC)c(OCC)c2)C(C(=O)OCC)=C(C)N=3)cc(OC)c1OCC. The number of fused-ring (bicyclic) bond motifs is 1. The van der Waals surface area contributed by atoms with Gasteiger partial charge in [-0.2, -0.15) is 0 Å². The van der Waals surface area contributed by atoms with Crippen molar-refractivity contribution >= 4 is 29.4 Å². The van der Waals surface area contributed by atoms with E-state index < -0.39 is 18.0 Å². The maximum Gasteiger partial charge on any atom is 0.343 e. The zero-order valence-electron chi connectivity index (χ0n) is 26.8. The Bertz CT molecular complexity index is 1840. The summed E-state index contributed by atoms with van der Waals surface area (Å²) in [4.78, 5) is 44.3. The molecular weight excluding hydrogens is 612 g/mol. The van der Waals surface area contributed by atoms with Crippen LogP contribution in [0.5, 0.6) is 23.0 Å². The molecule has 0 saturated carbocycles. The Morgan fingerprint density at radius 1 is 1.00 bits per heavy atom. The molecule has 2 aromatic carbocycles. The predicted molar refractivity (Wildman–Crippen MR) is 174 cm³/mol. The molecule has 11 nitrogen and oxygen atoms in total. The fraction of sp³-hybridized carbons (Fsp3) is 0.353. The highest BCUT2D eigenvalue weighted by molar-refractivity contribution is 7.07. The summed E-state index contributed by atoms with van der Waals surface area (Å²) in [7, 11) is 2.83. The number of ether oxygens (including phenoxy) is 6. The zero-order chi connectivity index (χ0) is 33.4. The third-order valence-electron chi connectivity index (χ3n) is 7.00. The largest absolute Gasteiger partial charge is 0.493 e. The molecule has 0 fully saturated rings. The number of aromatic nitrogens is 1.